The Labute approximate surface area is 202 Å². The van der Waals surface area contributed by atoms with Crippen LogP contribution in [-0.2, 0) is 0 Å². The number of nitrogens with zero attached hydrogens (tertiary/aromatic N) is 2. The molecule has 0 bridgehead atoms. The van der Waals surface area contributed by atoms with Gasteiger partial charge in [-0.15, -0.1) is 0 Å². The summed E-state index contributed by atoms with van der Waals surface area (Å²) in [6.45, 7) is 3.42. The van der Waals surface area contributed by atoms with E-state index in [1.165, 1.54) is 6.20 Å². The number of aromatic nitrogens is 1. The number of amides is 2. The molecule has 0 atom stereocenters. The number of pyridine rings is 1. The Morgan fingerprint density at radius 3 is 2.44 bits per heavy atom. The molecule has 1 fully saturated rings. The number of halogens is 1. The van der Waals surface area contributed by atoms with Gasteiger partial charge in [0.15, 0.2) is 0 Å². The van der Waals surface area contributed by atoms with Gasteiger partial charge in [-0.1, -0.05) is 35.9 Å². The molecule has 34 heavy (non-hydrogen) atoms. The highest BCUT2D eigenvalue weighted by atomic mass is 35.5. The molecule has 1 aromatic heterocycles. The first-order chi connectivity index (χ1) is 16.5. The van der Waals surface area contributed by atoms with E-state index in [1.807, 2.05) is 4.90 Å². The second kappa shape index (κ2) is 10.9. The van der Waals surface area contributed by atoms with Crippen LogP contribution in [0.2, 0.25) is 5.02 Å². The molecule has 4 rings (SSSR count). The van der Waals surface area contributed by atoms with Gasteiger partial charge >= 0.3 is 0 Å². The van der Waals surface area contributed by atoms with Crippen molar-refractivity contribution in [3.63, 3.8) is 0 Å². The SMILES string of the molecule is N=C(c1ccc(C(=O)Nc2ccccc2C(=O)Nc2ccc(Cl)cn2)cc1)N1CCCNCC1. The predicted molar refractivity (Wildman–Crippen MR) is 134 cm³/mol. The highest BCUT2D eigenvalue weighted by Gasteiger charge is 2.17. The summed E-state index contributed by atoms with van der Waals surface area (Å²) < 4.78 is 0. The van der Waals surface area contributed by atoms with Crippen molar-refractivity contribution in [1.82, 2.24) is 15.2 Å². The summed E-state index contributed by atoms with van der Waals surface area (Å²) in [7, 11) is 0. The zero-order valence-electron chi connectivity index (χ0n) is 18.5. The maximum absolute atomic E-state index is 12.9. The molecule has 0 spiro atoms. The van der Waals surface area contributed by atoms with Gasteiger partial charge in [-0.2, -0.15) is 0 Å². The Morgan fingerprint density at radius 1 is 0.912 bits per heavy atom. The van der Waals surface area contributed by atoms with Gasteiger partial charge in [-0.3, -0.25) is 15.0 Å². The van der Waals surface area contributed by atoms with Crippen LogP contribution in [0.4, 0.5) is 11.5 Å². The molecule has 2 aromatic carbocycles. The normalized spacial score (nSPS) is 13.6. The summed E-state index contributed by atoms with van der Waals surface area (Å²) in [6, 6.07) is 16.9. The molecule has 1 saturated heterocycles. The highest BCUT2D eigenvalue weighted by Crippen LogP contribution is 2.19. The number of anilines is 2. The lowest BCUT2D eigenvalue weighted by Gasteiger charge is -2.23. The Hall–Kier alpha value is -3.75. The molecule has 8 nitrogen and oxygen atoms in total. The standard InChI is InChI=1S/C25H25ClN6O2/c26-19-10-11-22(29-16-19)31-25(34)20-4-1-2-5-21(20)30-24(33)18-8-6-17(7-9-18)23(27)32-14-3-12-28-13-15-32/h1-2,4-11,16,27-28H,3,12-15H2,(H,30,33)(H,29,31,34). The van der Waals surface area contributed by atoms with Gasteiger partial charge in [0.25, 0.3) is 11.8 Å². The van der Waals surface area contributed by atoms with E-state index in [-0.39, 0.29) is 5.91 Å². The fraction of sp³-hybridized carbons (Fsp3) is 0.200. The number of rotatable bonds is 5. The van der Waals surface area contributed by atoms with E-state index in [0.29, 0.717) is 33.5 Å². The Bertz CT molecular complexity index is 1170. The minimum Gasteiger partial charge on any atom is -0.355 e. The largest absolute Gasteiger partial charge is 0.355 e. The molecule has 174 valence electrons. The van der Waals surface area contributed by atoms with Crippen molar-refractivity contribution in [2.75, 3.05) is 36.8 Å². The number of nitrogens with one attached hydrogen (secondary N) is 4. The van der Waals surface area contributed by atoms with Crippen LogP contribution in [0.3, 0.4) is 0 Å². The van der Waals surface area contributed by atoms with Gasteiger partial charge < -0.3 is 20.9 Å². The Balaban J connectivity index is 1.44. The van der Waals surface area contributed by atoms with E-state index in [0.717, 1.165) is 38.2 Å². The summed E-state index contributed by atoms with van der Waals surface area (Å²) in [4.78, 5) is 31.7. The Morgan fingerprint density at radius 2 is 1.68 bits per heavy atom. The number of amidine groups is 1. The fourth-order valence-corrected chi connectivity index (χ4v) is 3.76. The van der Waals surface area contributed by atoms with Crippen molar-refractivity contribution in [3.05, 3.63) is 88.6 Å². The summed E-state index contributed by atoms with van der Waals surface area (Å²) in [5, 5.41) is 17.8. The van der Waals surface area contributed by atoms with Gasteiger partial charge in [0, 0.05) is 37.0 Å². The lowest BCUT2D eigenvalue weighted by atomic mass is 10.1. The molecule has 0 saturated carbocycles. The van der Waals surface area contributed by atoms with E-state index in [9.17, 15) is 9.59 Å². The third kappa shape index (κ3) is 5.78. The van der Waals surface area contributed by atoms with E-state index in [2.05, 4.69) is 20.9 Å². The minimum absolute atomic E-state index is 0.306. The number of para-hydroxylation sites is 1. The first-order valence-electron chi connectivity index (χ1n) is 11.0. The first kappa shape index (κ1) is 23.4. The highest BCUT2D eigenvalue weighted by molar-refractivity contribution is 6.30. The Kier molecular flexibility index (Phi) is 7.51. The van der Waals surface area contributed by atoms with Gasteiger partial charge in [0.1, 0.15) is 11.7 Å². The minimum atomic E-state index is -0.401. The zero-order valence-corrected chi connectivity index (χ0v) is 19.2. The van der Waals surface area contributed by atoms with Crippen LogP contribution in [0.1, 0.15) is 32.7 Å². The lowest BCUT2D eigenvalue weighted by molar-refractivity contribution is 0.102. The fourth-order valence-electron chi connectivity index (χ4n) is 3.65. The molecular weight excluding hydrogens is 452 g/mol. The van der Waals surface area contributed by atoms with Crippen LogP contribution in [-0.4, -0.2) is 53.7 Å². The van der Waals surface area contributed by atoms with Crippen LogP contribution >= 0.6 is 11.6 Å². The maximum atomic E-state index is 12.9. The maximum Gasteiger partial charge on any atom is 0.258 e. The van der Waals surface area contributed by atoms with Crippen LogP contribution in [0.5, 0.6) is 0 Å². The monoisotopic (exact) mass is 476 g/mol. The summed E-state index contributed by atoms with van der Waals surface area (Å²) >= 11 is 5.84. The lowest BCUT2D eigenvalue weighted by Crippen LogP contribution is -2.34. The summed E-state index contributed by atoms with van der Waals surface area (Å²) in [5.74, 6) is 0.0608. The van der Waals surface area contributed by atoms with E-state index < -0.39 is 5.91 Å². The first-order valence-corrected chi connectivity index (χ1v) is 11.4. The molecule has 2 heterocycles. The van der Waals surface area contributed by atoms with Gasteiger partial charge in [-0.25, -0.2) is 4.98 Å². The van der Waals surface area contributed by atoms with Crippen LogP contribution < -0.4 is 16.0 Å². The van der Waals surface area contributed by atoms with Crippen LogP contribution in [0.15, 0.2) is 66.9 Å². The number of hydrogen-bond donors (Lipinski definition) is 4. The quantitative estimate of drug-likeness (QED) is 0.330. The number of carbonyl (C=O) groups is 2. The number of carbonyl (C=O) groups excluding carboxylic acids is 2. The van der Waals surface area contributed by atoms with E-state index in [4.69, 9.17) is 17.0 Å². The zero-order chi connectivity index (χ0) is 23.9. The van der Waals surface area contributed by atoms with Gasteiger partial charge in [0.2, 0.25) is 0 Å². The van der Waals surface area contributed by atoms with Crippen LogP contribution in [0, 0.1) is 5.41 Å². The molecule has 0 unspecified atom stereocenters. The summed E-state index contributed by atoms with van der Waals surface area (Å²) in [5.41, 5.74) is 1.88. The molecule has 1 aliphatic heterocycles. The van der Waals surface area contributed by atoms with Crippen molar-refractivity contribution in [2.45, 2.75) is 6.42 Å². The molecule has 0 radical (unpaired) electrons. The van der Waals surface area contributed by atoms with Crippen molar-refractivity contribution in [1.29, 1.82) is 5.41 Å². The topological polar surface area (TPSA) is 110 Å². The molecule has 1 aliphatic rings. The average molecular weight is 477 g/mol. The second-order valence-electron chi connectivity index (χ2n) is 7.83. The van der Waals surface area contributed by atoms with Crippen LogP contribution in [0.25, 0.3) is 0 Å². The molecular formula is C25H25ClN6O2. The third-order valence-electron chi connectivity index (χ3n) is 5.47. The average Bonchev–Trinajstić information content (AvgIpc) is 3.15. The van der Waals surface area contributed by atoms with Gasteiger partial charge in [0.05, 0.1) is 16.3 Å². The summed E-state index contributed by atoms with van der Waals surface area (Å²) in [6.07, 6.45) is 2.43. The predicted octanol–water partition coefficient (Wildman–Crippen LogP) is 3.86. The number of benzene rings is 2. The smallest absolute Gasteiger partial charge is 0.258 e. The number of hydrogen-bond acceptors (Lipinski definition) is 5. The molecule has 4 N–H and O–H groups in total. The molecule has 0 aliphatic carbocycles. The molecule has 9 heteroatoms. The van der Waals surface area contributed by atoms with Crippen molar-refractivity contribution in [2.24, 2.45) is 0 Å². The van der Waals surface area contributed by atoms with Crippen molar-refractivity contribution >= 4 is 40.8 Å². The van der Waals surface area contributed by atoms with Crippen molar-refractivity contribution < 1.29 is 9.59 Å². The van der Waals surface area contributed by atoms with Crippen molar-refractivity contribution in [3.8, 4) is 0 Å². The molecule has 3 aromatic rings. The van der Waals surface area contributed by atoms with E-state index >= 15 is 0 Å². The molecule has 2 amide bonds. The van der Waals surface area contributed by atoms with Gasteiger partial charge in [-0.05, 0) is 49.4 Å². The second-order valence-corrected chi connectivity index (χ2v) is 8.27. The van der Waals surface area contributed by atoms with E-state index in [1.54, 1.807) is 60.7 Å². The third-order valence-corrected chi connectivity index (χ3v) is 5.69.